The average Bonchev–Trinajstić information content (AvgIpc) is 3.09. The number of aryl methyl sites for hydroxylation is 1. The van der Waals surface area contributed by atoms with Crippen LogP contribution < -0.4 is 10.3 Å². The summed E-state index contributed by atoms with van der Waals surface area (Å²) in [6, 6.07) is 13.5. The molecule has 138 valence electrons. The molecule has 6 heteroatoms. The number of pyridine rings is 1. The summed E-state index contributed by atoms with van der Waals surface area (Å²) in [7, 11) is 1.74. The fraction of sp³-hybridized carbons (Fsp3) is 0.400. The van der Waals surface area contributed by atoms with Crippen LogP contribution in [0.3, 0.4) is 0 Å². The van der Waals surface area contributed by atoms with Crippen LogP contribution in [0.1, 0.15) is 17.7 Å². The molecule has 1 fully saturated rings. The molecule has 1 aliphatic rings. The van der Waals surface area contributed by atoms with Gasteiger partial charge in [-0.1, -0.05) is 30.3 Å². The van der Waals surface area contributed by atoms with Crippen LogP contribution in [-0.4, -0.2) is 40.3 Å². The van der Waals surface area contributed by atoms with Gasteiger partial charge in [-0.2, -0.15) is 0 Å². The molecular formula is C20H24N2O3S. The molecule has 0 radical (unpaired) electrons. The molecule has 0 bridgehead atoms. The number of likely N-dealkylation sites (tertiary alicyclic amines) is 1. The Labute approximate surface area is 158 Å². The van der Waals surface area contributed by atoms with E-state index in [9.17, 15) is 9.59 Å². The van der Waals surface area contributed by atoms with E-state index < -0.39 is 0 Å². The van der Waals surface area contributed by atoms with Crippen LogP contribution in [0.2, 0.25) is 0 Å². The van der Waals surface area contributed by atoms with Crippen molar-refractivity contribution in [2.75, 3.05) is 18.8 Å². The van der Waals surface area contributed by atoms with E-state index in [1.165, 1.54) is 11.6 Å². The summed E-state index contributed by atoms with van der Waals surface area (Å²) in [4.78, 5) is 26.1. The number of aromatic nitrogens is 1. The van der Waals surface area contributed by atoms with Crippen molar-refractivity contribution in [1.82, 2.24) is 9.47 Å². The van der Waals surface area contributed by atoms with E-state index in [1.54, 1.807) is 23.4 Å². The molecule has 0 spiro atoms. The Morgan fingerprint density at radius 2 is 2.04 bits per heavy atom. The lowest BCUT2D eigenvalue weighted by atomic mass is 10.2. The molecule has 1 aliphatic heterocycles. The van der Waals surface area contributed by atoms with Gasteiger partial charge in [-0.15, -0.1) is 11.8 Å². The molecule has 1 aromatic heterocycles. The van der Waals surface area contributed by atoms with Gasteiger partial charge < -0.3 is 14.2 Å². The average molecular weight is 372 g/mol. The molecule has 0 N–H and O–H groups in total. The number of carbonyl (C=O) groups excluding carboxylic acids is 1. The number of nitrogens with zero attached hydrogens (tertiary/aromatic N) is 2. The monoisotopic (exact) mass is 372 g/mol. The standard InChI is InChI=1S/C20H24N2O3S/c1-15-10-18(11-19(23)21(15)2)25-17-8-9-22(12-17)20(24)14-26-13-16-6-4-3-5-7-16/h3-7,10-11,17H,8-9,12-14H2,1-2H3. The highest BCUT2D eigenvalue weighted by molar-refractivity contribution is 7.99. The number of hydrogen-bond donors (Lipinski definition) is 0. The minimum Gasteiger partial charge on any atom is -0.488 e. The van der Waals surface area contributed by atoms with Crippen LogP contribution in [-0.2, 0) is 17.6 Å². The van der Waals surface area contributed by atoms with Gasteiger partial charge in [0.1, 0.15) is 11.9 Å². The molecule has 1 saturated heterocycles. The summed E-state index contributed by atoms with van der Waals surface area (Å²) < 4.78 is 7.52. The minimum atomic E-state index is -0.0803. The number of ether oxygens (including phenoxy) is 1. The van der Waals surface area contributed by atoms with E-state index in [0.717, 1.165) is 17.9 Å². The Balaban J connectivity index is 1.47. The number of carbonyl (C=O) groups is 1. The van der Waals surface area contributed by atoms with Gasteiger partial charge in [0.25, 0.3) is 5.56 Å². The normalized spacial score (nSPS) is 16.7. The van der Waals surface area contributed by atoms with Crippen molar-refractivity contribution < 1.29 is 9.53 Å². The van der Waals surface area contributed by atoms with Crippen molar-refractivity contribution in [1.29, 1.82) is 0 Å². The highest BCUT2D eigenvalue weighted by atomic mass is 32.2. The Morgan fingerprint density at radius 3 is 2.77 bits per heavy atom. The predicted molar refractivity (Wildman–Crippen MR) is 105 cm³/mol. The van der Waals surface area contributed by atoms with Crippen LogP contribution >= 0.6 is 11.8 Å². The SMILES string of the molecule is Cc1cc(OC2CCN(C(=O)CSCc3ccccc3)C2)cc(=O)n1C. The summed E-state index contributed by atoms with van der Waals surface area (Å²) in [6.45, 7) is 3.17. The smallest absolute Gasteiger partial charge is 0.254 e. The molecule has 1 amide bonds. The Morgan fingerprint density at radius 1 is 1.27 bits per heavy atom. The molecule has 1 atom stereocenters. The molecule has 5 nitrogen and oxygen atoms in total. The summed E-state index contributed by atoms with van der Waals surface area (Å²) >= 11 is 1.64. The van der Waals surface area contributed by atoms with Gasteiger partial charge in [-0.05, 0) is 18.6 Å². The zero-order chi connectivity index (χ0) is 18.5. The van der Waals surface area contributed by atoms with Crippen molar-refractivity contribution in [2.45, 2.75) is 25.2 Å². The van der Waals surface area contributed by atoms with E-state index in [1.807, 2.05) is 36.1 Å². The number of hydrogen-bond acceptors (Lipinski definition) is 4. The zero-order valence-corrected chi connectivity index (χ0v) is 16.0. The van der Waals surface area contributed by atoms with Crippen molar-refractivity contribution in [3.8, 4) is 5.75 Å². The number of rotatable bonds is 6. The van der Waals surface area contributed by atoms with Crippen molar-refractivity contribution >= 4 is 17.7 Å². The second-order valence-corrected chi connectivity index (χ2v) is 7.56. The van der Waals surface area contributed by atoms with Gasteiger partial charge in [0.15, 0.2) is 0 Å². The second kappa shape index (κ2) is 8.45. The van der Waals surface area contributed by atoms with Gasteiger partial charge in [0.05, 0.1) is 12.3 Å². The first-order chi connectivity index (χ1) is 12.5. The van der Waals surface area contributed by atoms with Crippen LogP contribution in [0.5, 0.6) is 5.75 Å². The molecule has 3 rings (SSSR count). The Kier molecular flexibility index (Phi) is 6.04. The quantitative estimate of drug-likeness (QED) is 0.782. The highest BCUT2D eigenvalue weighted by Gasteiger charge is 2.27. The van der Waals surface area contributed by atoms with Gasteiger partial charge in [0, 0.05) is 37.5 Å². The Bertz CT molecular complexity index is 820. The lowest BCUT2D eigenvalue weighted by molar-refractivity contribution is -0.127. The third kappa shape index (κ3) is 4.69. The zero-order valence-electron chi connectivity index (χ0n) is 15.2. The molecular weight excluding hydrogens is 348 g/mol. The highest BCUT2D eigenvalue weighted by Crippen LogP contribution is 2.20. The maximum atomic E-state index is 12.4. The van der Waals surface area contributed by atoms with Crippen LogP contribution in [0.15, 0.2) is 47.3 Å². The summed E-state index contributed by atoms with van der Waals surface area (Å²) in [5.74, 6) is 2.06. The fourth-order valence-electron chi connectivity index (χ4n) is 2.97. The molecule has 1 unspecified atom stereocenters. The first-order valence-electron chi connectivity index (χ1n) is 8.76. The lowest BCUT2D eigenvalue weighted by Crippen LogP contribution is -2.32. The predicted octanol–water partition coefficient (Wildman–Crippen LogP) is 2.61. The van der Waals surface area contributed by atoms with Crippen LogP contribution in [0.25, 0.3) is 0 Å². The topological polar surface area (TPSA) is 51.5 Å². The third-order valence-electron chi connectivity index (χ3n) is 4.61. The van der Waals surface area contributed by atoms with Crippen molar-refractivity contribution in [3.63, 3.8) is 0 Å². The minimum absolute atomic E-state index is 0.0513. The van der Waals surface area contributed by atoms with E-state index in [4.69, 9.17) is 4.74 Å². The molecule has 2 aromatic rings. The second-order valence-electron chi connectivity index (χ2n) is 6.58. The number of benzene rings is 1. The maximum absolute atomic E-state index is 12.4. The van der Waals surface area contributed by atoms with Crippen molar-refractivity contribution in [3.05, 3.63) is 64.1 Å². The van der Waals surface area contributed by atoms with Gasteiger partial charge in [-0.25, -0.2) is 0 Å². The largest absolute Gasteiger partial charge is 0.488 e. The molecule has 0 aliphatic carbocycles. The van der Waals surface area contributed by atoms with Crippen molar-refractivity contribution in [2.24, 2.45) is 7.05 Å². The number of thioether (sulfide) groups is 1. The summed E-state index contributed by atoms with van der Waals surface area (Å²) in [5.41, 5.74) is 2.01. The molecule has 1 aromatic carbocycles. The maximum Gasteiger partial charge on any atom is 0.254 e. The number of amides is 1. The molecule has 2 heterocycles. The van der Waals surface area contributed by atoms with Gasteiger partial charge >= 0.3 is 0 Å². The molecule has 0 saturated carbocycles. The third-order valence-corrected chi connectivity index (χ3v) is 5.60. The van der Waals surface area contributed by atoms with Crippen LogP contribution in [0.4, 0.5) is 0 Å². The van der Waals surface area contributed by atoms with Gasteiger partial charge in [-0.3, -0.25) is 9.59 Å². The lowest BCUT2D eigenvalue weighted by Gasteiger charge is -2.17. The van der Waals surface area contributed by atoms with Crippen LogP contribution in [0, 0.1) is 6.92 Å². The van der Waals surface area contributed by atoms with E-state index in [0.29, 0.717) is 24.6 Å². The fourth-order valence-corrected chi connectivity index (χ4v) is 3.86. The Hall–Kier alpha value is -2.21. The van der Waals surface area contributed by atoms with E-state index in [2.05, 4.69) is 12.1 Å². The van der Waals surface area contributed by atoms with E-state index >= 15 is 0 Å². The molecule has 26 heavy (non-hydrogen) atoms. The van der Waals surface area contributed by atoms with E-state index in [-0.39, 0.29) is 17.6 Å². The first kappa shape index (κ1) is 18.6. The summed E-state index contributed by atoms with van der Waals surface area (Å²) in [5, 5.41) is 0. The van der Waals surface area contributed by atoms with Gasteiger partial charge in [0.2, 0.25) is 5.91 Å². The first-order valence-corrected chi connectivity index (χ1v) is 9.92. The summed E-state index contributed by atoms with van der Waals surface area (Å²) in [6.07, 6.45) is 0.744.